The summed E-state index contributed by atoms with van der Waals surface area (Å²) in [6.45, 7) is 2.56. The van der Waals surface area contributed by atoms with E-state index < -0.39 is 16.4 Å². The van der Waals surface area contributed by atoms with Gasteiger partial charge in [0.1, 0.15) is 17.9 Å². The van der Waals surface area contributed by atoms with Crippen LogP contribution in [0, 0.1) is 16.0 Å². The van der Waals surface area contributed by atoms with E-state index in [1.807, 2.05) is 6.92 Å². The Morgan fingerprint density at radius 2 is 2.29 bits per heavy atom. The Morgan fingerprint density at radius 1 is 1.57 bits per heavy atom. The number of nitrogens with two attached hydrogens (primary N) is 1. The Balaban J connectivity index is 2.13. The zero-order chi connectivity index (χ0) is 15.5. The van der Waals surface area contributed by atoms with E-state index in [0.717, 1.165) is 12.8 Å². The normalized spacial score (nSPS) is 17.0. The SMILES string of the molecule is CCNC(COc1cccc([N+](=O)[O-])c1)(C(N)=O)C1CC1. The molecule has 1 fully saturated rings. The van der Waals surface area contributed by atoms with Crippen LogP contribution in [0.1, 0.15) is 19.8 Å². The van der Waals surface area contributed by atoms with Gasteiger partial charge < -0.3 is 15.8 Å². The number of amides is 1. The van der Waals surface area contributed by atoms with Crippen molar-refractivity contribution >= 4 is 11.6 Å². The number of carbonyl (C=O) groups excluding carboxylic acids is 1. The number of nitrogens with zero attached hydrogens (tertiary/aromatic N) is 1. The molecule has 0 bridgehead atoms. The van der Waals surface area contributed by atoms with Crippen LogP contribution in [0.3, 0.4) is 0 Å². The first-order valence-electron chi connectivity index (χ1n) is 6.92. The van der Waals surface area contributed by atoms with E-state index in [9.17, 15) is 14.9 Å². The highest BCUT2D eigenvalue weighted by Gasteiger charge is 2.50. The first-order chi connectivity index (χ1) is 9.99. The van der Waals surface area contributed by atoms with Gasteiger partial charge in [0.25, 0.3) is 5.69 Å². The van der Waals surface area contributed by atoms with Crippen LogP contribution in [0.2, 0.25) is 0 Å². The van der Waals surface area contributed by atoms with Gasteiger partial charge in [-0.05, 0) is 31.4 Å². The molecule has 1 aromatic rings. The third-order valence-electron chi connectivity index (χ3n) is 3.70. The summed E-state index contributed by atoms with van der Waals surface area (Å²) in [5, 5.41) is 13.9. The predicted molar refractivity (Wildman–Crippen MR) is 76.9 cm³/mol. The third-order valence-corrected chi connectivity index (χ3v) is 3.70. The van der Waals surface area contributed by atoms with Crippen molar-refractivity contribution in [2.24, 2.45) is 11.7 Å². The number of hydrogen-bond donors (Lipinski definition) is 2. The maximum atomic E-state index is 11.9. The van der Waals surface area contributed by atoms with Crippen LogP contribution in [-0.2, 0) is 4.79 Å². The molecule has 7 heteroatoms. The number of nitro benzene ring substituents is 1. The lowest BCUT2D eigenvalue weighted by molar-refractivity contribution is -0.384. The molecule has 21 heavy (non-hydrogen) atoms. The molecular weight excluding hydrogens is 274 g/mol. The highest BCUT2D eigenvalue weighted by molar-refractivity contribution is 5.85. The molecule has 0 heterocycles. The Hall–Kier alpha value is -2.15. The van der Waals surface area contributed by atoms with E-state index in [-0.39, 0.29) is 18.2 Å². The first kappa shape index (κ1) is 15.2. The lowest BCUT2D eigenvalue weighted by Crippen LogP contribution is -2.61. The summed E-state index contributed by atoms with van der Waals surface area (Å²) in [7, 11) is 0. The van der Waals surface area contributed by atoms with Gasteiger partial charge >= 0.3 is 0 Å². The topological polar surface area (TPSA) is 107 Å². The molecular formula is C14H19N3O4. The van der Waals surface area contributed by atoms with Crippen molar-refractivity contribution in [3.05, 3.63) is 34.4 Å². The minimum atomic E-state index is -0.903. The number of carbonyl (C=O) groups is 1. The summed E-state index contributed by atoms with van der Waals surface area (Å²) in [4.78, 5) is 22.1. The van der Waals surface area contributed by atoms with Crippen LogP contribution in [-0.4, -0.2) is 29.5 Å². The number of ether oxygens (including phenoxy) is 1. The van der Waals surface area contributed by atoms with Gasteiger partial charge in [0.05, 0.1) is 11.0 Å². The van der Waals surface area contributed by atoms with Gasteiger partial charge in [-0.3, -0.25) is 14.9 Å². The Morgan fingerprint density at radius 3 is 2.81 bits per heavy atom. The molecule has 0 radical (unpaired) electrons. The second kappa shape index (κ2) is 6.09. The van der Waals surface area contributed by atoms with Gasteiger partial charge in [-0.1, -0.05) is 13.0 Å². The van der Waals surface area contributed by atoms with E-state index in [2.05, 4.69) is 5.32 Å². The molecule has 1 aliphatic carbocycles. The summed E-state index contributed by atoms with van der Waals surface area (Å²) in [5.74, 6) is 0.0688. The number of rotatable bonds is 8. The maximum absolute atomic E-state index is 11.9. The molecule has 114 valence electrons. The molecule has 0 aliphatic heterocycles. The quantitative estimate of drug-likeness (QED) is 0.553. The van der Waals surface area contributed by atoms with Crippen molar-refractivity contribution in [1.29, 1.82) is 0 Å². The van der Waals surface area contributed by atoms with Crippen LogP contribution < -0.4 is 15.8 Å². The van der Waals surface area contributed by atoms with Crippen LogP contribution in [0.5, 0.6) is 5.75 Å². The minimum absolute atomic E-state index is 0.0490. The van der Waals surface area contributed by atoms with Crippen molar-refractivity contribution in [2.45, 2.75) is 25.3 Å². The molecule has 1 atom stereocenters. The van der Waals surface area contributed by atoms with E-state index in [1.165, 1.54) is 12.1 Å². The highest BCUT2D eigenvalue weighted by Crippen LogP contribution is 2.40. The fourth-order valence-electron chi connectivity index (χ4n) is 2.45. The van der Waals surface area contributed by atoms with E-state index >= 15 is 0 Å². The number of primary amides is 1. The fraction of sp³-hybridized carbons (Fsp3) is 0.500. The van der Waals surface area contributed by atoms with Crippen molar-refractivity contribution in [3.63, 3.8) is 0 Å². The molecule has 0 aromatic heterocycles. The number of nitro groups is 1. The lowest BCUT2D eigenvalue weighted by atomic mass is 9.93. The molecule has 0 saturated heterocycles. The molecule has 0 spiro atoms. The summed E-state index contributed by atoms with van der Waals surface area (Å²) < 4.78 is 5.61. The highest BCUT2D eigenvalue weighted by atomic mass is 16.6. The smallest absolute Gasteiger partial charge is 0.273 e. The number of benzene rings is 1. The minimum Gasteiger partial charge on any atom is -0.491 e. The molecule has 1 aliphatic rings. The van der Waals surface area contributed by atoms with Gasteiger partial charge in [0.15, 0.2) is 0 Å². The standard InChI is InChI=1S/C14H19N3O4/c1-2-16-14(13(15)18,10-6-7-10)9-21-12-5-3-4-11(8-12)17(19)20/h3-5,8,10,16H,2,6-7,9H2,1H3,(H2,15,18). The van der Waals surface area contributed by atoms with Gasteiger partial charge in [-0.15, -0.1) is 0 Å². The number of likely N-dealkylation sites (N-methyl/N-ethyl adjacent to an activating group) is 1. The van der Waals surface area contributed by atoms with Crippen LogP contribution >= 0.6 is 0 Å². The maximum Gasteiger partial charge on any atom is 0.273 e. The second-order valence-electron chi connectivity index (χ2n) is 5.18. The summed E-state index contributed by atoms with van der Waals surface area (Å²) in [6, 6.07) is 5.89. The van der Waals surface area contributed by atoms with Crippen LogP contribution in [0.15, 0.2) is 24.3 Å². The molecule has 1 amide bonds. The van der Waals surface area contributed by atoms with Crippen molar-refractivity contribution in [2.75, 3.05) is 13.2 Å². The fourth-order valence-corrected chi connectivity index (χ4v) is 2.45. The van der Waals surface area contributed by atoms with Gasteiger partial charge in [0, 0.05) is 6.07 Å². The van der Waals surface area contributed by atoms with Gasteiger partial charge in [-0.25, -0.2) is 0 Å². The van der Waals surface area contributed by atoms with Gasteiger partial charge in [-0.2, -0.15) is 0 Å². The second-order valence-corrected chi connectivity index (χ2v) is 5.18. The zero-order valence-electron chi connectivity index (χ0n) is 11.9. The van der Waals surface area contributed by atoms with Crippen molar-refractivity contribution in [1.82, 2.24) is 5.32 Å². The van der Waals surface area contributed by atoms with Crippen LogP contribution in [0.4, 0.5) is 5.69 Å². The largest absolute Gasteiger partial charge is 0.491 e. The lowest BCUT2D eigenvalue weighted by Gasteiger charge is -2.31. The van der Waals surface area contributed by atoms with E-state index in [0.29, 0.717) is 12.3 Å². The Labute approximate surface area is 122 Å². The van der Waals surface area contributed by atoms with Crippen molar-refractivity contribution in [3.8, 4) is 5.75 Å². The monoisotopic (exact) mass is 293 g/mol. The molecule has 2 rings (SSSR count). The summed E-state index contributed by atoms with van der Waals surface area (Å²) in [5.41, 5.74) is 4.60. The molecule has 1 saturated carbocycles. The van der Waals surface area contributed by atoms with E-state index in [4.69, 9.17) is 10.5 Å². The van der Waals surface area contributed by atoms with Crippen molar-refractivity contribution < 1.29 is 14.5 Å². The molecule has 7 nitrogen and oxygen atoms in total. The molecule has 1 aromatic carbocycles. The zero-order valence-corrected chi connectivity index (χ0v) is 11.9. The van der Waals surface area contributed by atoms with E-state index in [1.54, 1.807) is 12.1 Å². The molecule has 3 N–H and O–H groups in total. The average Bonchev–Trinajstić information content (AvgIpc) is 3.28. The third kappa shape index (κ3) is 3.30. The Kier molecular flexibility index (Phi) is 4.42. The number of nitrogens with one attached hydrogen (secondary N) is 1. The summed E-state index contributed by atoms with van der Waals surface area (Å²) in [6.07, 6.45) is 1.85. The number of non-ortho nitro benzene ring substituents is 1. The predicted octanol–water partition coefficient (Wildman–Crippen LogP) is 1.22. The number of hydrogen-bond acceptors (Lipinski definition) is 5. The summed E-state index contributed by atoms with van der Waals surface area (Å²) >= 11 is 0. The first-order valence-corrected chi connectivity index (χ1v) is 6.92. The van der Waals surface area contributed by atoms with Gasteiger partial charge in [0.2, 0.25) is 5.91 Å². The van der Waals surface area contributed by atoms with Crippen LogP contribution in [0.25, 0.3) is 0 Å². The Bertz CT molecular complexity index is 545. The average molecular weight is 293 g/mol. The molecule has 1 unspecified atom stereocenters.